The summed E-state index contributed by atoms with van der Waals surface area (Å²) in [4.78, 5) is 4.27. The van der Waals surface area contributed by atoms with E-state index in [0.717, 1.165) is 18.5 Å². The van der Waals surface area contributed by atoms with E-state index in [1.165, 1.54) is 77.0 Å². The van der Waals surface area contributed by atoms with Crippen LogP contribution in [-0.2, 0) is 6.42 Å². The first-order valence-electron chi connectivity index (χ1n) is 11.1. The highest BCUT2D eigenvalue weighted by molar-refractivity contribution is 5.04. The molecule has 1 aromatic rings. The van der Waals surface area contributed by atoms with Crippen LogP contribution in [0.25, 0.3) is 0 Å². The third kappa shape index (κ3) is 14.1. The number of allylic oxidation sites excluding steroid dienone is 2. The van der Waals surface area contributed by atoms with Gasteiger partial charge in [0.15, 0.2) is 0 Å². The maximum absolute atomic E-state index is 10.1. The van der Waals surface area contributed by atoms with Crippen LogP contribution < -0.4 is 0 Å². The standard InChI is InChI=1S/C24H41NO/c1-2-3-4-5-6-7-8-9-10-11-12-13-14-15-16-20-24(26)22-23-19-17-18-21-25-23/h9-10,17-19,21,24,26H,2-8,11-16,20,22H2,1H3/b10-9-. The number of pyridine rings is 1. The van der Waals surface area contributed by atoms with Crippen LogP contribution >= 0.6 is 0 Å². The Morgan fingerprint density at radius 3 is 2.08 bits per heavy atom. The topological polar surface area (TPSA) is 33.1 Å². The SMILES string of the molecule is CCCCCCCC/C=C\CCCCCCCC(O)Cc1ccccn1. The Morgan fingerprint density at radius 1 is 0.846 bits per heavy atom. The molecule has 0 aliphatic heterocycles. The highest BCUT2D eigenvalue weighted by atomic mass is 16.3. The van der Waals surface area contributed by atoms with Crippen molar-refractivity contribution < 1.29 is 5.11 Å². The predicted octanol–water partition coefficient (Wildman–Crippen LogP) is 7.02. The molecule has 1 atom stereocenters. The molecule has 0 aliphatic carbocycles. The van der Waals surface area contributed by atoms with Crippen LogP contribution in [0.2, 0.25) is 0 Å². The zero-order valence-electron chi connectivity index (χ0n) is 17.0. The van der Waals surface area contributed by atoms with Crippen molar-refractivity contribution in [2.75, 3.05) is 0 Å². The minimum atomic E-state index is -0.241. The van der Waals surface area contributed by atoms with E-state index in [9.17, 15) is 5.11 Å². The maximum atomic E-state index is 10.1. The van der Waals surface area contributed by atoms with Crippen molar-refractivity contribution in [1.29, 1.82) is 0 Å². The normalized spacial score (nSPS) is 12.7. The summed E-state index contributed by atoms with van der Waals surface area (Å²) in [5, 5.41) is 10.1. The quantitative estimate of drug-likeness (QED) is 0.239. The van der Waals surface area contributed by atoms with Gasteiger partial charge < -0.3 is 5.11 Å². The Morgan fingerprint density at radius 2 is 1.46 bits per heavy atom. The molecule has 0 aliphatic rings. The molecule has 148 valence electrons. The van der Waals surface area contributed by atoms with Crippen molar-refractivity contribution in [2.45, 2.75) is 109 Å². The fourth-order valence-corrected chi connectivity index (χ4v) is 3.31. The number of nitrogens with zero attached hydrogens (tertiary/aromatic N) is 1. The lowest BCUT2D eigenvalue weighted by Gasteiger charge is -2.09. The van der Waals surface area contributed by atoms with Gasteiger partial charge in [-0.3, -0.25) is 4.98 Å². The molecule has 1 heterocycles. The van der Waals surface area contributed by atoms with Crippen molar-refractivity contribution in [3.63, 3.8) is 0 Å². The van der Waals surface area contributed by atoms with Crippen LogP contribution in [0.1, 0.15) is 103 Å². The Hall–Kier alpha value is -1.15. The molecular weight excluding hydrogens is 318 g/mol. The van der Waals surface area contributed by atoms with Gasteiger partial charge in [0.1, 0.15) is 0 Å². The first-order chi connectivity index (χ1) is 12.8. The summed E-state index contributed by atoms with van der Waals surface area (Å²) < 4.78 is 0. The van der Waals surface area contributed by atoms with Gasteiger partial charge in [0.2, 0.25) is 0 Å². The predicted molar refractivity (Wildman–Crippen MR) is 113 cm³/mol. The van der Waals surface area contributed by atoms with E-state index in [1.54, 1.807) is 6.20 Å². The number of hydrogen-bond donors (Lipinski definition) is 1. The number of aliphatic hydroxyl groups excluding tert-OH is 1. The Balaban J connectivity index is 1.82. The van der Waals surface area contributed by atoms with Crippen LogP contribution in [0.5, 0.6) is 0 Å². The fraction of sp³-hybridized carbons (Fsp3) is 0.708. The van der Waals surface area contributed by atoms with Crippen molar-refractivity contribution in [3.05, 3.63) is 42.2 Å². The van der Waals surface area contributed by atoms with E-state index in [2.05, 4.69) is 24.1 Å². The molecule has 1 rings (SSSR count). The second-order valence-corrected chi connectivity index (χ2v) is 7.55. The third-order valence-electron chi connectivity index (χ3n) is 4.97. The first kappa shape index (κ1) is 22.9. The molecule has 0 spiro atoms. The van der Waals surface area contributed by atoms with Gasteiger partial charge in [0.25, 0.3) is 0 Å². The smallest absolute Gasteiger partial charge is 0.0595 e. The van der Waals surface area contributed by atoms with E-state index < -0.39 is 0 Å². The van der Waals surface area contributed by atoms with Crippen molar-refractivity contribution in [1.82, 2.24) is 4.98 Å². The summed E-state index contributed by atoms with van der Waals surface area (Å²) in [6.07, 6.45) is 25.0. The van der Waals surface area contributed by atoms with Gasteiger partial charge in [-0.25, -0.2) is 0 Å². The van der Waals surface area contributed by atoms with E-state index in [4.69, 9.17) is 0 Å². The van der Waals surface area contributed by atoms with E-state index in [-0.39, 0.29) is 6.10 Å². The van der Waals surface area contributed by atoms with Crippen LogP contribution in [-0.4, -0.2) is 16.2 Å². The molecule has 0 saturated heterocycles. The molecule has 2 nitrogen and oxygen atoms in total. The number of aromatic nitrogens is 1. The van der Waals surface area contributed by atoms with Crippen LogP contribution in [0, 0.1) is 0 Å². The van der Waals surface area contributed by atoms with Crippen molar-refractivity contribution in [2.24, 2.45) is 0 Å². The Labute approximate surface area is 162 Å². The maximum Gasteiger partial charge on any atom is 0.0595 e. The third-order valence-corrected chi connectivity index (χ3v) is 4.97. The molecule has 0 aromatic carbocycles. The number of unbranched alkanes of at least 4 members (excludes halogenated alkanes) is 11. The van der Waals surface area contributed by atoms with E-state index in [1.807, 2.05) is 18.2 Å². The highest BCUT2D eigenvalue weighted by Crippen LogP contribution is 2.12. The van der Waals surface area contributed by atoms with Crippen LogP contribution in [0.15, 0.2) is 36.5 Å². The molecule has 1 N–H and O–H groups in total. The van der Waals surface area contributed by atoms with E-state index >= 15 is 0 Å². The molecule has 1 unspecified atom stereocenters. The lowest BCUT2D eigenvalue weighted by atomic mass is 10.0. The zero-order chi connectivity index (χ0) is 18.7. The van der Waals surface area contributed by atoms with Crippen LogP contribution in [0.4, 0.5) is 0 Å². The van der Waals surface area contributed by atoms with Crippen molar-refractivity contribution >= 4 is 0 Å². The van der Waals surface area contributed by atoms with Gasteiger partial charge in [-0.2, -0.15) is 0 Å². The van der Waals surface area contributed by atoms with Gasteiger partial charge in [0.05, 0.1) is 6.10 Å². The summed E-state index contributed by atoms with van der Waals surface area (Å²) in [5.74, 6) is 0. The molecule has 0 fully saturated rings. The van der Waals surface area contributed by atoms with Gasteiger partial charge >= 0.3 is 0 Å². The van der Waals surface area contributed by atoms with Gasteiger partial charge in [-0.05, 0) is 44.2 Å². The average molecular weight is 360 g/mol. The molecule has 0 bridgehead atoms. The summed E-state index contributed by atoms with van der Waals surface area (Å²) in [6.45, 7) is 2.27. The molecule has 1 aromatic heterocycles. The molecule has 0 saturated carbocycles. The number of rotatable bonds is 17. The molecule has 0 amide bonds. The Bertz CT molecular complexity index is 429. The second kappa shape index (κ2) is 17.3. The molecular formula is C24H41NO. The van der Waals surface area contributed by atoms with Gasteiger partial charge in [-0.1, -0.05) is 82.9 Å². The van der Waals surface area contributed by atoms with Gasteiger partial charge in [0, 0.05) is 18.3 Å². The lowest BCUT2D eigenvalue weighted by molar-refractivity contribution is 0.159. The number of aliphatic hydroxyl groups is 1. The van der Waals surface area contributed by atoms with E-state index in [0.29, 0.717) is 6.42 Å². The monoisotopic (exact) mass is 359 g/mol. The molecule has 0 radical (unpaired) electrons. The highest BCUT2D eigenvalue weighted by Gasteiger charge is 2.05. The summed E-state index contributed by atoms with van der Waals surface area (Å²) in [7, 11) is 0. The number of hydrogen-bond acceptors (Lipinski definition) is 2. The Kier molecular flexibility index (Phi) is 15.2. The van der Waals surface area contributed by atoms with Gasteiger partial charge in [-0.15, -0.1) is 0 Å². The van der Waals surface area contributed by atoms with Crippen molar-refractivity contribution in [3.8, 4) is 0 Å². The summed E-state index contributed by atoms with van der Waals surface area (Å²) >= 11 is 0. The molecule has 26 heavy (non-hydrogen) atoms. The second-order valence-electron chi connectivity index (χ2n) is 7.55. The molecule has 2 heteroatoms. The zero-order valence-corrected chi connectivity index (χ0v) is 17.0. The van der Waals surface area contributed by atoms with Crippen LogP contribution in [0.3, 0.4) is 0 Å². The lowest BCUT2D eigenvalue weighted by Crippen LogP contribution is -2.11. The first-order valence-corrected chi connectivity index (χ1v) is 11.1. The largest absolute Gasteiger partial charge is 0.393 e. The fourth-order valence-electron chi connectivity index (χ4n) is 3.31. The summed E-state index contributed by atoms with van der Waals surface area (Å²) in [5.41, 5.74) is 0.993. The minimum Gasteiger partial charge on any atom is -0.393 e. The average Bonchev–Trinajstić information content (AvgIpc) is 2.65. The summed E-state index contributed by atoms with van der Waals surface area (Å²) in [6, 6.07) is 5.89. The minimum absolute atomic E-state index is 0.241.